The fraction of sp³-hybridized carbons (Fsp3) is 0.400. The van der Waals surface area contributed by atoms with E-state index in [-0.39, 0.29) is 18.9 Å². The summed E-state index contributed by atoms with van der Waals surface area (Å²) in [4.78, 5) is 34.4. The lowest BCUT2D eigenvalue weighted by Gasteiger charge is -2.20. The van der Waals surface area contributed by atoms with Gasteiger partial charge in [-0.05, 0) is 17.7 Å². The minimum absolute atomic E-state index is 0.102. The second-order valence-corrected chi connectivity index (χ2v) is 5.36. The van der Waals surface area contributed by atoms with Crippen LogP contribution in [0, 0.1) is 0 Å². The van der Waals surface area contributed by atoms with Crippen LogP contribution in [-0.2, 0) is 19.1 Å². The van der Waals surface area contributed by atoms with Gasteiger partial charge in [0.05, 0.1) is 19.1 Å². The van der Waals surface area contributed by atoms with Crippen LogP contribution in [0.5, 0.6) is 0 Å². The molecule has 0 radical (unpaired) electrons. The molecule has 0 aromatic heterocycles. The number of nitrogens with one attached hydrogen (secondary N) is 2. The van der Waals surface area contributed by atoms with E-state index in [4.69, 9.17) is 21.4 Å². The maximum absolute atomic E-state index is 12.1. The maximum Gasteiger partial charge on any atom is 0.328 e. The Hall–Kier alpha value is -2.12. The van der Waals surface area contributed by atoms with E-state index in [9.17, 15) is 14.4 Å². The number of methoxy groups -OCH3 is 1. The van der Waals surface area contributed by atoms with Gasteiger partial charge in [0.25, 0.3) is 0 Å². The fourth-order valence-corrected chi connectivity index (χ4v) is 2.10. The summed E-state index contributed by atoms with van der Waals surface area (Å²) in [5.74, 6) is -2.00. The molecule has 2 unspecified atom stereocenters. The van der Waals surface area contributed by atoms with Crippen molar-refractivity contribution in [3.8, 4) is 0 Å². The zero-order chi connectivity index (χ0) is 17.4. The van der Waals surface area contributed by atoms with Crippen molar-refractivity contribution in [2.75, 3.05) is 13.7 Å². The van der Waals surface area contributed by atoms with Crippen LogP contribution < -0.4 is 10.6 Å². The number of amides is 2. The van der Waals surface area contributed by atoms with Gasteiger partial charge in [-0.15, -0.1) is 0 Å². The highest BCUT2D eigenvalue weighted by atomic mass is 35.5. The molecule has 0 bridgehead atoms. The number of carboxylic acids is 1. The quantitative estimate of drug-likeness (QED) is 0.656. The van der Waals surface area contributed by atoms with Crippen molar-refractivity contribution in [1.29, 1.82) is 0 Å². The smallest absolute Gasteiger partial charge is 0.328 e. The summed E-state index contributed by atoms with van der Waals surface area (Å²) in [6.45, 7) is 1.19. The van der Waals surface area contributed by atoms with E-state index in [0.29, 0.717) is 10.6 Å². The van der Waals surface area contributed by atoms with E-state index in [1.807, 2.05) is 0 Å². The molecule has 0 aliphatic carbocycles. The molecule has 8 heteroatoms. The Bertz CT molecular complexity index is 561. The Labute approximate surface area is 139 Å². The number of rotatable bonds is 8. The predicted octanol–water partition coefficient (Wildman–Crippen LogP) is 1.12. The van der Waals surface area contributed by atoms with Gasteiger partial charge in [-0.3, -0.25) is 9.59 Å². The highest BCUT2D eigenvalue weighted by Gasteiger charge is 2.23. The molecule has 2 amide bonds. The van der Waals surface area contributed by atoms with Crippen LogP contribution in [0.1, 0.15) is 24.9 Å². The summed E-state index contributed by atoms with van der Waals surface area (Å²) in [6.07, 6.45) is -0.102. The molecule has 126 valence electrons. The van der Waals surface area contributed by atoms with Gasteiger partial charge in [-0.25, -0.2) is 4.79 Å². The number of halogens is 1. The molecule has 7 nitrogen and oxygen atoms in total. The van der Waals surface area contributed by atoms with Crippen molar-refractivity contribution in [1.82, 2.24) is 10.6 Å². The molecular weight excluding hydrogens is 324 g/mol. The Balaban J connectivity index is 2.80. The molecular formula is C15H19ClN2O5. The molecule has 1 aromatic carbocycles. The van der Waals surface area contributed by atoms with E-state index in [1.165, 1.54) is 14.0 Å². The van der Waals surface area contributed by atoms with Gasteiger partial charge in [-0.2, -0.15) is 0 Å². The molecule has 0 spiro atoms. The predicted molar refractivity (Wildman–Crippen MR) is 84.1 cm³/mol. The Morgan fingerprint density at radius 1 is 1.22 bits per heavy atom. The third-order valence-electron chi connectivity index (χ3n) is 3.01. The van der Waals surface area contributed by atoms with E-state index in [2.05, 4.69) is 10.6 Å². The molecule has 0 aliphatic heterocycles. The lowest BCUT2D eigenvalue weighted by atomic mass is 10.0. The topological polar surface area (TPSA) is 105 Å². The number of ether oxygens (including phenoxy) is 1. The van der Waals surface area contributed by atoms with Crippen molar-refractivity contribution >= 4 is 29.4 Å². The maximum atomic E-state index is 12.1. The second kappa shape index (κ2) is 9.12. The molecule has 2 atom stereocenters. The highest BCUT2D eigenvalue weighted by molar-refractivity contribution is 6.30. The lowest BCUT2D eigenvalue weighted by molar-refractivity contribution is -0.143. The highest BCUT2D eigenvalue weighted by Crippen LogP contribution is 2.19. The summed E-state index contributed by atoms with van der Waals surface area (Å²) in [5.41, 5.74) is 0.693. The lowest BCUT2D eigenvalue weighted by Crippen LogP contribution is -2.45. The van der Waals surface area contributed by atoms with Gasteiger partial charge in [0, 0.05) is 19.1 Å². The van der Waals surface area contributed by atoms with Gasteiger partial charge in [0.1, 0.15) is 0 Å². The first-order valence-corrected chi connectivity index (χ1v) is 7.25. The van der Waals surface area contributed by atoms with Gasteiger partial charge in [-0.1, -0.05) is 23.7 Å². The van der Waals surface area contributed by atoms with Gasteiger partial charge >= 0.3 is 5.97 Å². The number of carbonyl (C=O) groups excluding carboxylic acids is 2. The number of aliphatic carboxylic acids is 1. The minimum Gasteiger partial charge on any atom is -0.480 e. The van der Waals surface area contributed by atoms with Crippen molar-refractivity contribution in [2.45, 2.75) is 25.4 Å². The summed E-state index contributed by atoms with van der Waals surface area (Å²) in [7, 11) is 1.34. The van der Waals surface area contributed by atoms with Gasteiger partial charge < -0.3 is 20.5 Å². The molecule has 1 rings (SSSR count). The average molecular weight is 343 g/mol. The number of hydrogen-bond acceptors (Lipinski definition) is 4. The second-order valence-electron chi connectivity index (χ2n) is 4.92. The summed E-state index contributed by atoms with van der Waals surface area (Å²) < 4.78 is 4.75. The number of carbonyl (C=O) groups is 3. The SMILES string of the molecule is COCC(NC(=O)CC(NC(C)=O)c1ccc(Cl)cc1)C(=O)O. The molecule has 0 aliphatic rings. The molecule has 1 aromatic rings. The monoisotopic (exact) mass is 342 g/mol. The van der Waals surface area contributed by atoms with Crippen molar-refractivity contribution in [2.24, 2.45) is 0 Å². The third-order valence-corrected chi connectivity index (χ3v) is 3.26. The van der Waals surface area contributed by atoms with Crippen LogP contribution in [-0.4, -0.2) is 42.6 Å². The standard InChI is InChI=1S/C15H19ClN2O5/c1-9(19)17-12(10-3-5-11(16)6-4-10)7-14(20)18-13(8-23-2)15(21)22/h3-6,12-13H,7-8H2,1-2H3,(H,17,19)(H,18,20)(H,21,22). The van der Waals surface area contributed by atoms with Gasteiger partial charge in [0.2, 0.25) is 11.8 Å². The van der Waals surface area contributed by atoms with Gasteiger partial charge in [0.15, 0.2) is 6.04 Å². The molecule has 0 saturated carbocycles. The van der Waals surface area contributed by atoms with Crippen molar-refractivity contribution < 1.29 is 24.2 Å². The molecule has 23 heavy (non-hydrogen) atoms. The molecule has 3 N–H and O–H groups in total. The van der Waals surface area contributed by atoms with Crippen LogP contribution in [0.25, 0.3) is 0 Å². The molecule has 0 heterocycles. The Kier molecular flexibility index (Phi) is 7.50. The first-order valence-electron chi connectivity index (χ1n) is 6.87. The number of carboxylic acid groups (broad SMARTS) is 1. The summed E-state index contributed by atoms with van der Waals surface area (Å²) in [5, 5.41) is 14.6. The van der Waals surface area contributed by atoms with E-state index in [1.54, 1.807) is 24.3 Å². The van der Waals surface area contributed by atoms with E-state index in [0.717, 1.165) is 0 Å². The minimum atomic E-state index is -1.19. The van der Waals surface area contributed by atoms with E-state index < -0.39 is 24.0 Å². The molecule has 0 saturated heterocycles. The Morgan fingerprint density at radius 2 is 1.83 bits per heavy atom. The third kappa shape index (κ3) is 6.66. The molecule has 0 fully saturated rings. The fourth-order valence-electron chi connectivity index (χ4n) is 1.97. The van der Waals surface area contributed by atoms with Crippen molar-refractivity contribution in [3.05, 3.63) is 34.9 Å². The van der Waals surface area contributed by atoms with Crippen molar-refractivity contribution in [3.63, 3.8) is 0 Å². The zero-order valence-corrected chi connectivity index (χ0v) is 13.6. The Morgan fingerprint density at radius 3 is 2.30 bits per heavy atom. The summed E-state index contributed by atoms with van der Waals surface area (Å²) >= 11 is 5.82. The van der Waals surface area contributed by atoms with Crippen LogP contribution in [0.2, 0.25) is 5.02 Å². The van der Waals surface area contributed by atoms with Crippen LogP contribution in [0.15, 0.2) is 24.3 Å². The zero-order valence-electron chi connectivity index (χ0n) is 12.8. The number of hydrogen-bond donors (Lipinski definition) is 3. The van der Waals surface area contributed by atoms with Crippen LogP contribution >= 0.6 is 11.6 Å². The largest absolute Gasteiger partial charge is 0.480 e. The van der Waals surface area contributed by atoms with Crippen LogP contribution in [0.3, 0.4) is 0 Å². The normalized spacial score (nSPS) is 13.0. The first-order chi connectivity index (χ1) is 10.8. The number of benzene rings is 1. The van der Waals surface area contributed by atoms with Crippen LogP contribution in [0.4, 0.5) is 0 Å². The first kappa shape index (κ1) is 18.9. The summed E-state index contributed by atoms with van der Waals surface area (Å²) in [6, 6.07) is 4.96. The van der Waals surface area contributed by atoms with E-state index >= 15 is 0 Å². The average Bonchev–Trinajstić information content (AvgIpc) is 2.46.